The average molecular weight is 140 g/mol. The van der Waals surface area contributed by atoms with Crippen LogP contribution in [0.15, 0.2) is 0 Å². The van der Waals surface area contributed by atoms with Crippen molar-refractivity contribution in [2.24, 2.45) is 17.8 Å². The Labute approximate surface area is 62.8 Å². The topological polar surface area (TPSA) is 9.23 Å². The van der Waals surface area contributed by atoms with Crippen molar-refractivity contribution in [3.8, 4) is 0 Å². The van der Waals surface area contributed by atoms with Crippen LogP contribution in [0, 0.1) is 17.8 Å². The third kappa shape index (κ3) is 1.20. The van der Waals surface area contributed by atoms with Gasteiger partial charge < -0.3 is 4.74 Å². The van der Waals surface area contributed by atoms with Crippen molar-refractivity contribution in [1.82, 2.24) is 0 Å². The minimum atomic E-state index is 0.911. The van der Waals surface area contributed by atoms with E-state index < -0.39 is 0 Å². The minimum absolute atomic E-state index is 0.911. The molecule has 1 saturated heterocycles. The second kappa shape index (κ2) is 2.54. The molecule has 1 aliphatic heterocycles. The van der Waals surface area contributed by atoms with Crippen LogP contribution in [0.25, 0.3) is 0 Å². The van der Waals surface area contributed by atoms with Gasteiger partial charge in [-0.25, -0.2) is 0 Å². The standard InChI is InChI=1S/C9H16O/c1-7-4-5-10-6-9(7)8-2-3-8/h7-9H,2-6H2,1H3/t7-,9?/m1/s1. The maximum atomic E-state index is 5.45. The van der Waals surface area contributed by atoms with Crippen LogP contribution in [0.4, 0.5) is 0 Å². The molecular formula is C9H16O. The van der Waals surface area contributed by atoms with Crippen LogP contribution in [0.1, 0.15) is 26.2 Å². The van der Waals surface area contributed by atoms with E-state index in [9.17, 15) is 0 Å². The van der Waals surface area contributed by atoms with Crippen LogP contribution in [-0.4, -0.2) is 13.2 Å². The third-order valence-electron chi connectivity index (χ3n) is 2.99. The Morgan fingerprint density at radius 1 is 1.20 bits per heavy atom. The Kier molecular flexibility index (Phi) is 1.69. The van der Waals surface area contributed by atoms with E-state index in [1.807, 2.05) is 0 Å². The van der Waals surface area contributed by atoms with Crippen LogP contribution in [0.5, 0.6) is 0 Å². The van der Waals surface area contributed by atoms with Gasteiger partial charge in [-0.2, -0.15) is 0 Å². The summed E-state index contributed by atoms with van der Waals surface area (Å²) < 4.78 is 5.45. The van der Waals surface area contributed by atoms with Crippen molar-refractivity contribution in [2.45, 2.75) is 26.2 Å². The van der Waals surface area contributed by atoms with E-state index in [1.165, 1.54) is 19.3 Å². The molecule has 0 N–H and O–H groups in total. The molecule has 1 saturated carbocycles. The van der Waals surface area contributed by atoms with E-state index >= 15 is 0 Å². The molecule has 2 fully saturated rings. The van der Waals surface area contributed by atoms with Crippen molar-refractivity contribution in [3.05, 3.63) is 0 Å². The molecule has 0 radical (unpaired) electrons. The summed E-state index contributed by atoms with van der Waals surface area (Å²) in [5.74, 6) is 2.88. The Bertz CT molecular complexity index is 118. The van der Waals surface area contributed by atoms with Gasteiger partial charge in [0.2, 0.25) is 0 Å². The molecule has 0 amide bonds. The molecule has 58 valence electrons. The molecule has 1 heteroatoms. The van der Waals surface area contributed by atoms with Crippen molar-refractivity contribution in [2.75, 3.05) is 13.2 Å². The van der Waals surface area contributed by atoms with Crippen molar-refractivity contribution >= 4 is 0 Å². The van der Waals surface area contributed by atoms with E-state index in [0.717, 1.165) is 31.0 Å². The smallest absolute Gasteiger partial charge is 0.0499 e. The Hall–Kier alpha value is -0.0400. The fourth-order valence-corrected chi connectivity index (χ4v) is 1.99. The highest BCUT2D eigenvalue weighted by Crippen LogP contribution is 2.42. The number of hydrogen-bond donors (Lipinski definition) is 0. The van der Waals surface area contributed by atoms with Gasteiger partial charge in [0.05, 0.1) is 0 Å². The molecule has 0 aromatic rings. The Morgan fingerprint density at radius 2 is 2.00 bits per heavy atom. The number of hydrogen-bond acceptors (Lipinski definition) is 1. The highest BCUT2D eigenvalue weighted by Gasteiger charge is 2.36. The zero-order chi connectivity index (χ0) is 6.97. The van der Waals surface area contributed by atoms with E-state index in [1.54, 1.807) is 0 Å². The summed E-state index contributed by atoms with van der Waals surface area (Å²) >= 11 is 0. The predicted octanol–water partition coefficient (Wildman–Crippen LogP) is 2.07. The second-order valence-electron chi connectivity index (χ2n) is 3.84. The van der Waals surface area contributed by atoms with E-state index in [4.69, 9.17) is 4.74 Å². The summed E-state index contributed by atoms with van der Waals surface area (Å²) in [5.41, 5.74) is 0. The monoisotopic (exact) mass is 140 g/mol. The van der Waals surface area contributed by atoms with E-state index in [0.29, 0.717) is 0 Å². The molecular weight excluding hydrogens is 124 g/mol. The molecule has 2 rings (SSSR count). The first-order valence-corrected chi connectivity index (χ1v) is 4.45. The van der Waals surface area contributed by atoms with E-state index in [-0.39, 0.29) is 0 Å². The molecule has 1 heterocycles. The number of rotatable bonds is 1. The summed E-state index contributed by atoms with van der Waals surface area (Å²) in [5, 5.41) is 0. The largest absolute Gasteiger partial charge is 0.381 e. The predicted molar refractivity (Wildman–Crippen MR) is 40.8 cm³/mol. The summed E-state index contributed by atoms with van der Waals surface area (Å²) in [6.07, 6.45) is 4.23. The lowest BCUT2D eigenvalue weighted by atomic mass is 9.86. The van der Waals surface area contributed by atoms with Crippen molar-refractivity contribution < 1.29 is 4.74 Å². The summed E-state index contributed by atoms with van der Waals surface area (Å²) in [6.45, 7) is 4.43. The zero-order valence-electron chi connectivity index (χ0n) is 6.68. The van der Waals surface area contributed by atoms with E-state index in [2.05, 4.69) is 6.92 Å². The molecule has 0 aromatic heterocycles. The Morgan fingerprint density at radius 3 is 2.60 bits per heavy atom. The molecule has 1 unspecified atom stereocenters. The lowest BCUT2D eigenvalue weighted by Crippen LogP contribution is -2.26. The van der Waals surface area contributed by atoms with Crippen LogP contribution in [0.2, 0.25) is 0 Å². The van der Waals surface area contributed by atoms with Crippen LogP contribution in [-0.2, 0) is 4.74 Å². The Balaban J connectivity index is 1.90. The summed E-state index contributed by atoms with van der Waals surface area (Å²) in [7, 11) is 0. The fraction of sp³-hybridized carbons (Fsp3) is 1.00. The lowest BCUT2D eigenvalue weighted by Gasteiger charge is -2.28. The first-order chi connectivity index (χ1) is 4.88. The first kappa shape index (κ1) is 6.66. The normalized spacial score (nSPS) is 41.7. The summed E-state index contributed by atoms with van der Waals surface area (Å²) in [4.78, 5) is 0. The molecule has 2 aliphatic rings. The highest BCUT2D eigenvalue weighted by molar-refractivity contribution is 4.85. The molecule has 1 aliphatic carbocycles. The fourth-order valence-electron chi connectivity index (χ4n) is 1.99. The zero-order valence-corrected chi connectivity index (χ0v) is 6.68. The van der Waals surface area contributed by atoms with Gasteiger partial charge in [-0.15, -0.1) is 0 Å². The van der Waals surface area contributed by atoms with Gasteiger partial charge in [-0.05, 0) is 37.0 Å². The van der Waals surface area contributed by atoms with Gasteiger partial charge in [-0.1, -0.05) is 6.92 Å². The maximum absolute atomic E-state index is 5.45. The van der Waals surface area contributed by atoms with Gasteiger partial charge in [0, 0.05) is 13.2 Å². The lowest BCUT2D eigenvalue weighted by molar-refractivity contribution is 0.0137. The molecule has 2 atom stereocenters. The second-order valence-corrected chi connectivity index (χ2v) is 3.84. The molecule has 10 heavy (non-hydrogen) atoms. The van der Waals surface area contributed by atoms with Gasteiger partial charge in [0.1, 0.15) is 0 Å². The maximum Gasteiger partial charge on any atom is 0.0499 e. The highest BCUT2D eigenvalue weighted by atomic mass is 16.5. The van der Waals surface area contributed by atoms with Gasteiger partial charge in [0.25, 0.3) is 0 Å². The average Bonchev–Trinajstić information content (AvgIpc) is 2.71. The third-order valence-corrected chi connectivity index (χ3v) is 2.99. The van der Waals surface area contributed by atoms with Crippen LogP contribution in [0.3, 0.4) is 0 Å². The molecule has 1 nitrogen and oxygen atoms in total. The van der Waals surface area contributed by atoms with Gasteiger partial charge in [-0.3, -0.25) is 0 Å². The van der Waals surface area contributed by atoms with Crippen molar-refractivity contribution in [1.29, 1.82) is 0 Å². The molecule has 0 aromatic carbocycles. The molecule has 0 spiro atoms. The summed E-state index contributed by atoms with van der Waals surface area (Å²) in [6, 6.07) is 0. The SMILES string of the molecule is C[C@@H]1CCOCC1C1CC1. The molecule has 0 bridgehead atoms. The van der Waals surface area contributed by atoms with Gasteiger partial charge in [0.15, 0.2) is 0 Å². The van der Waals surface area contributed by atoms with Crippen LogP contribution < -0.4 is 0 Å². The first-order valence-electron chi connectivity index (χ1n) is 4.45. The van der Waals surface area contributed by atoms with Crippen LogP contribution >= 0.6 is 0 Å². The van der Waals surface area contributed by atoms with Crippen molar-refractivity contribution in [3.63, 3.8) is 0 Å². The minimum Gasteiger partial charge on any atom is -0.381 e. The number of ether oxygens (including phenoxy) is 1. The quantitative estimate of drug-likeness (QED) is 0.541. The van der Waals surface area contributed by atoms with Gasteiger partial charge >= 0.3 is 0 Å².